The van der Waals surface area contributed by atoms with Crippen molar-refractivity contribution in [1.82, 2.24) is 10.6 Å². The van der Waals surface area contributed by atoms with Crippen LogP contribution in [0.2, 0.25) is 0 Å². The Bertz CT molecular complexity index is 433. The smallest absolute Gasteiger partial charge is 0.166 e. The fourth-order valence-electron chi connectivity index (χ4n) is 2.72. The second-order valence-electron chi connectivity index (χ2n) is 5.64. The van der Waals surface area contributed by atoms with Crippen LogP contribution in [-0.2, 0) is 6.42 Å². The van der Waals surface area contributed by atoms with E-state index in [1.165, 1.54) is 37.8 Å². The van der Waals surface area contributed by atoms with Crippen LogP contribution in [0.15, 0.2) is 24.3 Å². The van der Waals surface area contributed by atoms with Crippen molar-refractivity contribution in [3.8, 4) is 0 Å². The summed E-state index contributed by atoms with van der Waals surface area (Å²) in [5.74, 6) is 0.505. The zero-order chi connectivity index (χ0) is 14.4. The number of hydrogen-bond acceptors (Lipinski definition) is 1. The van der Waals surface area contributed by atoms with Gasteiger partial charge in [0.15, 0.2) is 5.11 Å². The van der Waals surface area contributed by atoms with Gasteiger partial charge in [0.2, 0.25) is 0 Å². The molecule has 2 atom stereocenters. The molecule has 1 aromatic rings. The van der Waals surface area contributed by atoms with Crippen molar-refractivity contribution >= 4 is 17.3 Å². The first-order valence-corrected chi connectivity index (χ1v) is 7.85. The molecule has 1 aromatic carbocycles. The second-order valence-corrected chi connectivity index (χ2v) is 6.05. The van der Waals surface area contributed by atoms with Gasteiger partial charge in [-0.05, 0) is 55.1 Å². The van der Waals surface area contributed by atoms with Crippen LogP contribution in [0.1, 0.15) is 38.2 Å². The van der Waals surface area contributed by atoms with Crippen LogP contribution in [0.3, 0.4) is 0 Å². The van der Waals surface area contributed by atoms with Gasteiger partial charge in [-0.3, -0.25) is 0 Å². The van der Waals surface area contributed by atoms with Crippen molar-refractivity contribution in [3.63, 3.8) is 0 Å². The molecule has 2 rings (SSSR count). The lowest BCUT2D eigenvalue weighted by atomic mass is 9.86. The first kappa shape index (κ1) is 15.2. The summed E-state index contributed by atoms with van der Waals surface area (Å²) >= 11 is 5.34. The van der Waals surface area contributed by atoms with E-state index >= 15 is 0 Å². The lowest BCUT2D eigenvalue weighted by Gasteiger charge is -2.30. The average molecular weight is 294 g/mol. The van der Waals surface area contributed by atoms with Crippen molar-refractivity contribution in [1.29, 1.82) is 0 Å². The molecule has 2 N–H and O–H groups in total. The first-order valence-electron chi connectivity index (χ1n) is 7.44. The Labute approximate surface area is 126 Å². The third-order valence-electron chi connectivity index (χ3n) is 4.04. The molecule has 0 saturated heterocycles. The minimum Gasteiger partial charge on any atom is -0.362 e. The number of nitrogens with one attached hydrogen (secondary N) is 2. The van der Waals surface area contributed by atoms with E-state index < -0.39 is 0 Å². The maximum atomic E-state index is 12.8. The highest BCUT2D eigenvalue weighted by molar-refractivity contribution is 7.80. The van der Waals surface area contributed by atoms with E-state index in [1.807, 2.05) is 12.1 Å². The highest BCUT2D eigenvalue weighted by atomic mass is 32.1. The van der Waals surface area contributed by atoms with E-state index in [2.05, 4.69) is 17.6 Å². The van der Waals surface area contributed by atoms with Crippen molar-refractivity contribution in [3.05, 3.63) is 35.6 Å². The van der Waals surface area contributed by atoms with Crippen LogP contribution in [0, 0.1) is 11.7 Å². The van der Waals surface area contributed by atoms with Gasteiger partial charge in [0.1, 0.15) is 5.82 Å². The SMILES string of the molecule is C[C@H]1CCCC[C@H]1NC(=S)NCCc1ccc(F)cc1. The van der Waals surface area contributed by atoms with Gasteiger partial charge in [-0.1, -0.05) is 31.9 Å². The Morgan fingerprint density at radius 3 is 2.65 bits per heavy atom. The average Bonchev–Trinajstić information content (AvgIpc) is 2.44. The summed E-state index contributed by atoms with van der Waals surface area (Å²) in [6.45, 7) is 3.07. The summed E-state index contributed by atoms with van der Waals surface area (Å²) in [6.07, 6.45) is 5.98. The molecule has 1 saturated carbocycles. The van der Waals surface area contributed by atoms with Gasteiger partial charge in [0, 0.05) is 12.6 Å². The van der Waals surface area contributed by atoms with E-state index in [0.29, 0.717) is 12.0 Å². The van der Waals surface area contributed by atoms with E-state index in [0.717, 1.165) is 23.6 Å². The monoisotopic (exact) mass is 294 g/mol. The Morgan fingerprint density at radius 1 is 1.25 bits per heavy atom. The van der Waals surface area contributed by atoms with E-state index in [-0.39, 0.29) is 5.82 Å². The number of halogens is 1. The molecule has 0 amide bonds. The summed E-state index contributed by atoms with van der Waals surface area (Å²) < 4.78 is 12.8. The lowest BCUT2D eigenvalue weighted by Crippen LogP contribution is -2.46. The number of hydrogen-bond donors (Lipinski definition) is 2. The largest absolute Gasteiger partial charge is 0.362 e. The van der Waals surface area contributed by atoms with E-state index in [4.69, 9.17) is 12.2 Å². The zero-order valence-corrected chi connectivity index (χ0v) is 12.8. The Hall–Kier alpha value is -1.16. The third kappa shape index (κ3) is 4.75. The van der Waals surface area contributed by atoms with Crippen molar-refractivity contribution < 1.29 is 4.39 Å². The van der Waals surface area contributed by atoms with Gasteiger partial charge in [0.05, 0.1) is 0 Å². The molecule has 0 bridgehead atoms. The minimum atomic E-state index is -0.190. The fourth-order valence-corrected chi connectivity index (χ4v) is 2.97. The predicted molar refractivity (Wildman–Crippen MR) is 85.3 cm³/mol. The minimum absolute atomic E-state index is 0.190. The predicted octanol–water partition coefficient (Wildman–Crippen LogP) is 3.41. The highest BCUT2D eigenvalue weighted by Gasteiger charge is 2.21. The normalized spacial score (nSPS) is 22.3. The molecule has 1 aliphatic carbocycles. The fraction of sp³-hybridized carbons (Fsp3) is 0.562. The second kappa shape index (κ2) is 7.58. The first-order chi connectivity index (χ1) is 9.65. The molecule has 0 unspecified atom stereocenters. The molecule has 110 valence electrons. The maximum absolute atomic E-state index is 12.8. The lowest BCUT2D eigenvalue weighted by molar-refractivity contribution is 0.308. The molecule has 1 aliphatic rings. The van der Waals surface area contributed by atoms with Crippen LogP contribution < -0.4 is 10.6 Å². The maximum Gasteiger partial charge on any atom is 0.166 e. The van der Waals surface area contributed by atoms with Gasteiger partial charge in [-0.2, -0.15) is 0 Å². The molecule has 20 heavy (non-hydrogen) atoms. The zero-order valence-electron chi connectivity index (χ0n) is 12.0. The molecule has 0 heterocycles. The van der Waals surface area contributed by atoms with Gasteiger partial charge < -0.3 is 10.6 Å². The van der Waals surface area contributed by atoms with Crippen LogP contribution in [-0.4, -0.2) is 17.7 Å². The van der Waals surface area contributed by atoms with Crippen molar-refractivity contribution in [2.45, 2.75) is 45.1 Å². The van der Waals surface area contributed by atoms with E-state index in [1.54, 1.807) is 0 Å². The van der Waals surface area contributed by atoms with Crippen LogP contribution in [0.5, 0.6) is 0 Å². The van der Waals surface area contributed by atoms with Crippen LogP contribution in [0.25, 0.3) is 0 Å². The molecule has 0 spiro atoms. The number of benzene rings is 1. The molecule has 1 fully saturated rings. The Morgan fingerprint density at radius 2 is 1.95 bits per heavy atom. The Balaban J connectivity index is 1.68. The molecule has 2 nitrogen and oxygen atoms in total. The molecular formula is C16H23FN2S. The molecular weight excluding hydrogens is 271 g/mol. The van der Waals surface area contributed by atoms with Gasteiger partial charge in [-0.15, -0.1) is 0 Å². The van der Waals surface area contributed by atoms with Crippen LogP contribution >= 0.6 is 12.2 Å². The summed E-state index contributed by atoms with van der Waals surface area (Å²) in [5.41, 5.74) is 1.12. The Kier molecular flexibility index (Phi) is 5.77. The highest BCUT2D eigenvalue weighted by Crippen LogP contribution is 2.23. The van der Waals surface area contributed by atoms with Crippen molar-refractivity contribution in [2.24, 2.45) is 5.92 Å². The molecule has 0 radical (unpaired) electrons. The molecule has 4 heteroatoms. The standard InChI is InChI=1S/C16H23FN2S/c1-12-4-2-3-5-15(12)19-16(20)18-11-10-13-6-8-14(17)9-7-13/h6-9,12,15H,2-5,10-11H2,1H3,(H2,18,19,20)/t12-,15+/m0/s1. The summed E-state index contributed by atoms with van der Waals surface area (Å²) in [7, 11) is 0. The topological polar surface area (TPSA) is 24.1 Å². The summed E-state index contributed by atoms with van der Waals surface area (Å²) in [6, 6.07) is 7.13. The van der Waals surface area contributed by atoms with Gasteiger partial charge in [-0.25, -0.2) is 4.39 Å². The van der Waals surface area contributed by atoms with E-state index in [9.17, 15) is 4.39 Å². The van der Waals surface area contributed by atoms with Gasteiger partial charge >= 0.3 is 0 Å². The quantitative estimate of drug-likeness (QED) is 0.832. The van der Waals surface area contributed by atoms with Gasteiger partial charge in [0.25, 0.3) is 0 Å². The summed E-state index contributed by atoms with van der Waals surface area (Å²) in [4.78, 5) is 0. The third-order valence-corrected chi connectivity index (χ3v) is 4.30. The molecule has 0 aliphatic heterocycles. The summed E-state index contributed by atoms with van der Waals surface area (Å²) in [5, 5.41) is 7.41. The number of thiocarbonyl (C=S) groups is 1. The van der Waals surface area contributed by atoms with Crippen LogP contribution in [0.4, 0.5) is 4.39 Å². The van der Waals surface area contributed by atoms with Crippen molar-refractivity contribution in [2.75, 3.05) is 6.54 Å². The molecule has 0 aromatic heterocycles. The number of rotatable bonds is 4.